The van der Waals surface area contributed by atoms with Gasteiger partial charge in [-0.2, -0.15) is 5.10 Å². The summed E-state index contributed by atoms with van der Waals surface area (Å²) in [4.78, 5) is 12.8. The van der Waals surface area contributed by atoms with Crippen molar-refractivity contribution in [3.63, 3.8) is 0 Å². The lowest BCUT2D eigenvalue weighted by Gasteiger charge is -2.18. The van der Waals surface area contributed by atoms with E-state index in [0.29, 0.717) is 22.8 Å². The summed E-state index contributed by atoms with van der Waals surface area (Å²) in [5.74, 6) is 1.16. The number of rotatable bonds is 8. The van der Waals surface area contributed by atoms with Gasteiger partial charge in [0, 0.05) is 30.4 Å². The number of nitrogens with zero attached hydrogens (tertiary/aromatic N) is 2. The lowest BCUT2D eigenvalue weighted by molar-refractivity contribution is 0.0932. The molecule has 7 nitrogen and oxygen atoms in total. The zero-order chi connectivity index (χ0) is 18.4. The topological polar surface area (TPSA) is 74.6 Å². The number of aryl methyl sites for hydroxylation is 1. The highest BCUT2D eigenvalue weighted by Gasteiger charge is 2.21. The highest BCUT2D eigenvalue weighted by Crippen LogP contribution is 2.34. The van der Waals surface area contributed by atoms with Crippen LogP contribution in [0.1, 0.15) is 42.2 Å². The molecule has 0 unspecified atom stereocenters. The van der Waals surface area contributed by atoms with E-state index in [0.717, 1.165) is 18.5 Å². The molecule has 136 valence electrons. The van der Waals surface area contributed by atoms with Gasteiger partial charge < -0.3 is 19.5 Å². The molecule has 7 heteroatoms. The molecule has 1 atom stereocenters. The van der Waals surface area contributed by atoms with E-state index in [1.165, 1.54) is 21.3 Å². The fourth-order valence-electron chi connectivity index (χ4n) is 2.60. The molecule has 1 N–H and O–H groups in total. The molecule has 0 aliphatic rings. The summed E-state index contributed by atoms with van der Waals surface area (Å²) >= 11 is 0. The fraction of sp³-hybridized carbons (Fsp3) is 0.444. The van der Waals surface area contributed by atoms with Crippen LogP contribution in [0.5, 0.6) is 17.2 Å². The summed E-state index contributed by atoms with van der Waals surface area (Å²) in [6, 6.07) is 3.13. The first-order valence-corrected chi connectivity index (χ1v) is 8.21. The summed E-state index contributed by atoms with van der Waals surface area (Å²) in [7, 11) is 4.58. The summed E-state index contributed by atoms with van der Waals surface area (Å²) in [5.41, 5.74) is 1.36. The highest BCUT2D eigenvalue weighted by molar-refractivity contribution is 5.98. The van der Waals surface area contributed by atoms with Gasteiger partial charge in [-0.05, 0) is 13.3 Å². The summed E-state index contributed by atoms with van der Waals surface area (Å²) in [6.07, 6.45) is 4.47. The van der Waals surface area contributed by atoms with E-state index < -0.39 is 0 Å². The second kappa shape index (κ2) is 8.41. The smallest absolute Gasteiger partial charge is 0.255 e. The van der Waals surface area contributed by atoms with Crippen molar-refractivity contribution in [3.05, 3.63) is 35.7 Å². The average molecular weight is 347 g/mol. The minimum atomic E-state index is -0.242. The van der Waals surface area contributed by atoms with Crippen LogP contribution in [0.15, 0.2) is 24.5 Å². The number of nitrogens with one attached hydrogen (secondary N) is 1. The molecule has 1 amide bonds. The maximum absolute atomic E-state index is 12.8. The molecule has 0 saturated heterocycles. The maximum Gasteiger partial charge on any atom is 0.255 e. The van der Waals surface area contributed by atoms with Crippen LogP contribution in [-0.2, 0) is 6.54 Å². The number of ether oxygens (including phenoxy) is 3. The van der Waals surface area contributed by atoms with Gasteiger partial charge in [0.25, 0.3) is 5.91 Å². The Morgan fingerprint density at radius 3 is 2.28 bits per heavy atom. The van der Waals surface area contributed by atoms with Crippen molar-refractivity contribution in [1.82, 2.24) is 15.1 Å². The number of amides is 1. The van der Waals surface area contributed by atoms with Crippen LogP contribution in [0, 0.1) is 0 Å². The van der Waals surface area contributed by atoms with Crippen LogP contribution in [0.3, 0.4) is 0 Å². The molecule has 0 spiro atoms. The van der Waals surface area contributed by atoms with Crippen LogP contribution in [-0.4, -0.2) is 37.0 Å². The Kier molecular flexibility index (Phi) is 6.27. The molecule has 2 rings (SSSR count). The molecular formula is C18H25N3O4. The van der Waals surface area contributed by atoms with Gasteiger partial charge in [-0.3, -0.25) is 9.48 Å². The molecular weight excluding hydrogens is 322 g/mol. The first-order chi connectivity index (χ1) is 12.1. The Labute approximate surface area is 147 Å². The van der Waals surface area contributed by atoms with Gasteiger partial charge in [0.1, 0.15) is 5.75 Å². The first kappa shape index (κ1) is 18.6. The minimum Gasteiger partial charge on any atom is -0.496 e. The van der Waals surface area contributed by atoms with Gasteiger partial charge in [-0.15, -0.1) is 0 Å². The highest BCUT2D eigenvalue weighted by atomic mass is 16.5. The first-order valence-electron chi connectivity index (χ1n) is 8.21. The van der Waals surface area contributed by atoms with Crippen molar-refractivity contribution >= 4 is 5.91 Å². The number of hydrogen-bond donors (Lipinski definition) is 1. The Hall–Kier alpha value is -2.70. The Balaban J connectivity index is 2.29. The van der Waals surface area contributed by atoms with Crippen molar-refractivity contribution in [2.45, 2.75) is 32.9 Å². The molecule has 1 aromatic carbocycles. The Bertz CT molecular complexity index is 727. The molecule has 25 heavy (non-hydrogen) atoms. The number of methoxy groups -OCH3 is 3. The van der Waals surface area contributed by atoms with Crippen molar-refractivity contribution in [3.8, 4) is 17.2 Å². The number of carbonyl (C=O) groups excluding carboxylic acids is 1. The quantitative estimate of drug-likeness (QED) is 0.795. The van der Waals surface area contributed by atoms with Crippen molar-refractivity contribution in [1.29, 1.82) is 0 Å². The van der Waals surface area contributed by atoms with Crippen LogP contribution >= 0.6 is 0 Å². The van der Waals surface area contributed by atoms with E-state index in [4.69, 9.17) is 14.2 Å². The van der Waals surface area contributed by atoms with E-state index in [2.05, 4.69) is 10.4 Å². The Morgan fingerprint density at radius 1 is 1.12 bits per heavy atom. The van der Waals surface area contributed by atoms with Gasteiger partial charge in [-0.25, -0.2) is 0 Å². The third-order valence-electron chi connectivity index (χ3n) is 4.04. The molecule has 0 aliphatic carbocycles. The van der Waals surface area contributed by atoms with Crippen LogP contribution in [0.25, 0.3) is 0 Å². The number of hydrogen-bond acceptors (Lipinski definition) is 5. The van der Waals surface area contributed by atoms with Crippen molar-refractivity contribution in [2.75, 3.05) is 21.3 Å². The average Bonchev–Trinajstić information content (AvgIpc) is 3.13. The van der Waals surface area contributed by atoms with Crippen LogP contribution < -0.4 is 19.5 Å². The zero-order valence-electron chi connectivity index (χ0n) is 15.3. The van der Waals surface area contributed by atoms with Crippen LogP contribution in [0.2, 0.25) is 0 Å². The lowest BCUT2D eigenvalue weighted by Crippen LogP contribution is -2.28. The third kappa shape index (κ3) is 4.04. The Morgan fingerprint density at radius 2 is 1.76 bits per heavy atom. The minimum absolute atomic E-state index is 0.134. The maximum atomic E-state index is 12.8. The van der Waals surface area contributed by atoms with Gasteiger partial charge in [-0.1, -0.05) is 6.92 Å². The standard InChI is InChI=1S/C18H25N3O4/c1-6-14(12-10-19-21(7-2)11-12)20-18(22)13-8-16(24-4)17(25-5)9-15(13)23-3/h8-11,14H,6-7H2,1-5H3,(H,20,22)/t14-/m0/s1. The molecule has 0 radical (unpaired) electrons. The van der Waals surface area contributed by atoms with Gasteiger partial charge >= 0.3 is 0 Å². The van der Waals surface area contributed by atoms with Gasteiger partial charge in [0.15, 0.2) is 11.5 Å². The largest absolute Gasteiger partial charge is 0.496 e. The van der Waals surface area contributed by atoms with E-state index in [1.807, 2.05) is 24.7 Å². The van der Waals surface area contributed by atoms with Crippen molar-refractivity contribution in [2.24, 2.45) is 0 Å². The SMILES string of the molecule is CC[C@H](NC(=O)c1cc(OC)c(OC)cc1OC)c1cnn(CC)c1. The second-order valence-corrected chi connectivity index (χ2v) is 5.47. The lowest BCUT2D eigenvalue weighted by atomic mass is 10.1. The van der Waals surface area contributed by atoms with Gasteiger partial charge in [0.2, 0.25) is 0 Å². The molecule has 0 fully saturated rings. The predicted octanol–water partition coefficient (Wildman–Crippen LogP) is 2.81. The molecule has 1 heterocycles. The summed E-state index contributed by atoms with van der Waals surface area (Å²) in [6.45, 7) is 4.82. The number of aromatic nitrogens is 2. The number of carbonyl (C=O) groups is 1. The van der Waals surface area contributed by atoms with Gasteiger partial charge in [0.05, 0.1) is 39.1 Å². The molecule has 0 saturated carbocycles. The third-order valence-corrected chi connectivity index (χ3v) is 4.04. The fourth-order valence-corrected chi connectivity index (χ4v) is 2.60. The monoisotopic (exact) mass is 347 g/mol. The summed E-state index contributed by atoms with van der Waals surface area (Å²) < 4.78 is 17.7. The number of benzene rings is 1. The zero-order valence-corrected chi connectivity index (χ0v) is 15.3. The van der Waals surface area contributed by atoms with E-state index in [-0.39, 0.29) is 11.9 Å². The van der Waals surface area contributed by atoms with Crippen molar-refractivity contribution < 1.29 is 19.0 Å². The predicted molar refractivity (Wildman–Crippen MR) is 94.5 cm³/mol. The normalized spacial score (nSPS) is 11.7. The molecule has 1 aromatic heterocycles. The summed E-state index contributed by atoms with van der Waals surface area (Å²) in [5, 5.41) is 7.30. The van der Waals surface area contributed by atoms with E-state index in [1.54, 1.807) is 18.3 Å². The van der Waals surface area contributed by atoms with E-state index in [9.17, 15) is 4.79 Å². The van der Waals surface area contributed by atoms with E-state index >= 15 is 0 Å². The molecule has 0 aliphatic heterocycles. The molecule has 0 bridgehead atoms. The second-order valence-electron chi connectivity index (χ2n) is 5.47. The van der Waals surface area contributed by atoms with Crippen LogP contribution in [0.4, 0.5) is 0 Å². The molecule has 2 aromatic rings.